The fourth-order valence-corrected chi connectivity index (χ4v) is 2.43. The number of nitrogens with zero attached hydrogens (tertiary/aromatic N) is 3. The molecule has 0 saturated carbocycles. The number of carbonyl (C=O) groups excluding carboxylic acids is 1. The van der Waals surface area contributed by atoms with Gasteiger partial charge in [-0.25, -0.2) is 0 Å². The fourth-order valence-electron chi connectivity index (χ4n) is 2.43. The minimum Gasteiger partial charge on any atom is -0.407 e. The van der Waals surface area contributed by atoms with Gasteiger partial charge in [0.25, 0.3) is 11.6 Å². The topological polar surface area (TPSA) is 111 Å². The fraction of sp³-hybridized carbons (Fsp3) is 0.167. The maximum atomic E-state index is 12.2. The van der Waals surface area contributed by atoms with Crippen molar-refractivity contribution in [3.63, 3.8) is 0 Å². The minimum absolute atomic E-state index is 0.0765. The van der Waals surface area contributed by atoms with E-state index in [2.05, 4.69) is 22.4 Å². The molecular formula is C18H16N4O4. The lowest BCUT2D eigenvalue weighted by atomic mass is 10.1. The van der Waals surface area contributed by atoms with Gasteiger partial charge in [0.1, 0.15) is 5.56 Å². The number of nitrogens with one attached hydrogen (secondary N) is 1. The molecule has 0 aliphatic rings. The van der Waals surface area contributed by atoms with Crippen LogP contribution in [0.15, 0.2) is 52.9 Å². The summed E-state index contributed by atoms with van der Waals surface area (Å²) in [5.74, 6) is -0.341. The summed E-state index contributed by atoms with van der Waals surface area (Å²) in [5.41, 5.74) is 1.87. The lowest BCUT2D eigenvalue weighted by Crippen LogP contribution is -2.14. The first-order valence-electron chi connectivity index (χ1n) is 8.01. The number of para-hydroxylation sites is 1. The summed E-state index contributed by atoms with van der Waals surface area (Å²) in [5, 5.41) is 21.1. The Morgan fingerprint density at radius 1 is 1.12 bits per heavy atom. The van der Waals surface area contributed by atoms with E-state index in [1.54, 1.807) is 6.07 Å². The Balaban J connectivity index is 1.70. The Bertz CT molecular complexity index is 934. The average Bonchev–Trinajstić information content (AvgIpc) is 3.09. The van der Waals surface area contributed by atoms with E-state index in [0.29, 0.717) is 12.3 Å². The van der Waals surface area contributed by atoms with Crippen LogP contribution < -0.4 is 5.32 Å². The van der Waals surface area contributed by atoms with E-state index in [9.17, 15) is 14.9 Å². The number of hydrogen-bond acceptors (Lipinski definition) is 6. The van der Waals surface area contributed by atoms with Gasteiger partial charge in [-0.1, -0.05) is 48.4 Å². The molecule has 8 heteroatoms. The molecule has 3 aromatic rings. The Morgan fingerprint density at radius 3 is 2.50 bits per heavy atom. The van der Waals surface area contributed by atoms with Crippen LogP contribution in [-0.4, -0.2) is 21.0 Å². The van der Waals surface area contributed by atoms with Crippen LogP contribution in [0.3, 0.4) is 0 Å². The highest BCUT2D eigenvalue weighted by Gasteiger charge is 2.21. The van der Waals surface area contributed by atoms with E-state index in [4.69, 9.17) is 4.42 Å². The van der Waals surface area contributed by atoms with Gasteiger partial charge in [-0.2, -0.15) is 0 Å². The highest BCUT2D eigenvalue weighted by molar-refractivity contribution is 6.06. The number of nitro benzene ring substituents is 1. The van der Waals surface area contributed by atoms with Gasteiger partial charge in [0.2, 0.25) is 5.89 Å². The molecule has 1 N–H and O–H groups in total. The third-order valence-electron chi connectivity index (χ3n) is 3.82. The van der Waals surface area contributed by atoms with Gasteiger partial charge >= 0.3 is 6.01 Å². The van der Waals surface area contributed by atoms with E-state index >= 15 is 0 Å². The number of rotatable bonds is 6. The number of benzene rings is 2. The molecule has 0 atom stereocenters. The van der Waals surface area contributed by atoms with Gasteiger partial charge in [0, 0.05) is 6.07 Å². The molecule has 0 saturated heterocycles. The van der Waals surface area contributed by atoms with E-state index in [-0.39, 0.29) is 17.3 Å². The van der Waals surface area contributed by atoms with Crippen LogP contribution in [0.25, 0.3) is 0 Å². The van der Waals surface area contributed by atoms with E-state index < -0.39 is 10.8 Å². The van der Waals surface area contributed by atoms with E-state index in [1.165, 1.54) is 23.8 Å². The molecular weight excluding hydrogens is 336 g/mol. The summed E-state index contributed by atoms with van der Waals surface area (Å²) in [7, 11) is 0. The molecule has 0 spiro atoms. The summed E-state index contributed by atoms with van der Waals surface area (Å²) in [6, 6.07) is 13.6. The predicted molar refractivity (Wildman–Crippen MR) is 94.0 cm³/mol. The zero-order chi connectivity index (χ0) is 18.5. The van der Waals surface area contributed by atoms with Gasteiger partial charge < -0.3 is 4.42 Å². The summed E-state index contributed by atoms with van der Waals surface area (Å²) in [4.78, 5) is 22.6. The molecule has 0 radical (unpaired) electrons. The van der Waals surface area contributed by atoms with Gasteiger partial charge in [-0.3, -0.25) is 20.2 Å². The van der Waals surface area contributed by atoms with Crippen molar-refractivity contribution in [2.24, 2.45) is 0 Å². The number of hydrogen-bond donors (Lipinski definition) is 1. The van der Waals surface area contributed by atoms with Crippen molar-refractivity contribution in [2.45, 2.75) is 19.8 Å². The van der Waals surface area contributed by atoms with Crippen LogP contribution in [0, 0.1) is 10.1 Å². The molecule has 2 aromatic carbocycles. The highest BCUT2D eigenvalue weighted by atomic mass is 16.6. The summed E-state index contributed by atoms with van der Waals surface area (Å²) in [6.07, 6.45) is 1.39. The Labute approximate surface area is 149 Å². The molecule has 26 heavy (non-hydrogen) atoms. The maximum absolute atomic E-state index is 12.2. The summed E-state index contributed by atoms with van der Waals surface area (Å²) >= 11 is 0. The van der Waals surface area contributed by atoms with E-state index in [1.807, 2.05) is 24.3 Å². The Morgan fingerprint density at radius 2 is 1.81 bits per heavy atom. The van der Waals surface area contributed by atoms with Gasteiger partial charge in [-0.15, -0.1) is 5.10 Å². The first-order chi connectivity index (χ1) is 12.6. The van der Waals surface area contributed by atoms with Crippen molar-refractivity contribution < 1.29 is 14.1 Å². The molecule has 0 bridgehead atoms. The molecule has 1 amide bonds. The van der Waals surface area contributed by atoms with E-state index in [0.717, 1.165) is 12.0 Å². The SMILES string of the molecule is CCc1ccc(Cc2nnc(NC(=O)c3ccccc3[N+](=O)[O-])o2)cc1. The van der Waals surface area contributed by atoms with Crippen molar-refractivity contribution in [1.29, 1.82) is 0 Å². The average molecular weight is 352 g/mol. The number of amides is 1. The van der Waals surface area contributed by atoms with Crippen molar-refractivity contribution >= 4 is 17.6 Å². The second kappa shape index (κ2) is 7.56. The largest absolute Gasteiger partial charge is 0.407 e. The summed E-state index contributed by atoms with van der Waals surface area (Å²) < 4.78 is 5.41. The smallest absolute Gasteiger partial charge is 0.322 e. The van der Waals surface area contributed by atoms with Crippen LogP contribution in [-0.2, 0) is 12.8 Å². The van der Waals surface area contributed by atoms with Gasteiger partial charge in [-0.05, 0) is 23.6 Å². The molecule has 3 rings (SSSR count). The number of carbonyl (C=O) groups is 1. The quantitative estimate of drug-likeness (QED) is 0.538. The Kier molecular flexibility index (Phi) is 5.02. The maximum Gasteiger partial charge on any atom is 0.322 e. The zero-order valence-corrected chi connectivity index (χ0v) is 14.0. The van der Waals surface area contributed by atoms with Crippen LogP contribution >= 0.6 is 0 Å². The van der Waals surface area contributed by atoms with Crippen molar-refractivity contribution in [3.05, 3.63) is 81.2 Å². The number of aryl methyl sites for hydroxylation is 1. The van der Waals surface area contributed by atoms with Gasteiger partial charge in [0.05, 0.1) is 11.3 Å². The predicted octanol–water partition coefficient (Wildman–Crippen LogP) is 3.38. The van der Waals surface area contributed by atoms with Crippen LogP contribution in [0.5, 0.6) is 0 Å². The molecule has 0 fully saturated rings. The molecule has 0 unspecified atom stereocenters. The lowest BCUT2D eigenvalue weighted by Gasteiger charge is -2.01. The van der Waals surface area contributed by atoms with Crippen molar-refractivity contribution in [1.82, 2.24) is 10.2 Å². The second-order valence-corrected chi connectivity index (χ2v) is 5.58. The minimum atomic E-state index is -0.681. The van der Waals surface area contributed by atoms with Crippen molar-refractivity contribution in [3.8, 4) is 0 Å². The molecule has 132 valence electrons. The zero-order valence-electron chi connectivity index (χ0n) is 14.0. The third kappa shape index (κ3) is 3.92. The first kappa shape index (κ1) is 17.3. The number of aromatic nitrogens is 2. The first-order valence-corrected chi connectivity index (χ1v) is 8.01. The van der Waals surface area contributed by atoms with Gasteiger partial charge in [0.15, 0.2) is 0 Å². The monoisotopic (exact) mass is 352 g/mol. The molecule has 8 nitrogen and oxygen atoms in total. The highest BCUT2D eigenvalue weighted by Crippen LogP contribution is 2.19. The molecule has 0 aliphatic heterocycles. The molecule has 0 aliphatic carbocycles. The normalized spacial score (nSPS) is 10.5. The van der Waals surface area contributed by atoms with Crippen LogP contribution in [0.4, 0.5) is 11.7 Å². The van der Waals surface area contributed by atoms with Crippen LogP contribution in [0.2, 0.25) is 0 Å². The third-order valence-corrected chi connectivity index (χ3v) is 3.82. The lowest BCUT2D eigenvalue weighted by molar-refractivity contribution is -0.385. The Hall–Kier alpha value is -3.55. The number of anilines is 1. The summed E-state index contributed by atoms with van der Waals surface area (Å²) in [6.45, 7) is 2.08. The standard InChI is InChI=1S/C18H16N4O4/c1-2-12-7-9-13(10-8-12)11-16-20-21-18(26-16)19-17(23)14-5-3-4-6-15(14)22(24)25/h3-10H,2,11H2,1H3,(H,19,21,23). The second-order valence-electron chi connectivity index (χ2n) is 5.58. The van der Waals surface area contributed by atoms with Crippen LogP contribution in [0.1, 0.15) is 34.3 Å². The molecule has 1 aromatic heterocycles. The van der Waals surface area contributed by atoms with Crippen molar-refractivity contribution in [2.75, 3.05) is 5.32 Å². The number of nitro groups is 1. The molecule has 1 heterocycles.